The van der Waals surface area contributed by atoms with Gasteiger partial charge in [-0.05, 0) is 12.1 Å². The number of carboxylic acid groups (broad SMARTS) is 1. The summed E-state index contributed by atoms with van der Waals surface area (Å²) in [6, 6.07) is 3.37. The van der Waals surface area contributed by atoms with Crippen molar-refractivity contribution in [3.8, 4) is 0 Å². The maximum atomic E-state index is 10.5. The predicted octanol–water partition coefficient (Wildman–Crippen LogP) is 0.515. The molecule has 0 aliphatic heterocycles. The molecule has 0 radical (unpaired) electrons. The number of aliphatic hydroxyl groups excluding tert-OH is 1. The molecule has 0 amide bonds. The first-order chi connectivity index (χ1) is 5.74. The van der Waals surface area contributed by atoms with Crippen LogP contribution in [0.4, 0.5) is 0 Å². The van der Waals surface area contributed by atoms with Crippen LogP contribution in [0.15, 0.2) is 22.8 Å². The third-order valence-electron chi connectivity index (χ3n) is 1.60. The van der Waals surface area contributed by atoms with Gasteiger partial charge in [0.15, 0.2) is 0 Å². The Bertz CT molecular complexity index is 240. The van der Waals surface area contributed by atoms with Gasteiger partial charge in [-0.2, -0.15) is 0 Å². The minimum Gasteiger partial charge on any atom is -0.481 e. The van der Waals surface area contributed by atoms with Gasteiger partial charge in [0.25, 0.3) is 0 Å². The van der Waals surface area contributed by atoms with Crippen LogP contribution in [0.5, 0.6) is 0 Å². The van der Waals surface area contributed by atoms with Gasteiger partial charge in [0.2, 0.25) is 0 Å². The summed E-state index contributed by atoms with van der Waals surface area (Å²) in [4.78, 5) is 10.5. The van der Waals surface area contributed by atoms with E-state index in [1.54, 1.807) is 12.1 Å². The lowest BCUT2D eigenvalue weighted by molar-refractivity contribution is -0.143. The van der Waals surface area contributed by atoms with Gasteiger partial charge in [-0.3, -0.25) is 4.79 Å². The molecule has 12 heavy (non-hydrogen) atoms. The molecule has 1 aromatic heterocycles. The quantitative estimate of drug-likeness (QED) is 0.690. The monoisotopic (exact) mass is 170 g/mol. The van der Waals surface area contributed by atoms with E-state index in [4.69, 9.17) is 14.6 Å². The lowest BCUT2D eigenvalue weighted by atomic mass is 10.1. The zero-order chi connectivity index (χ0) is 8.97. The van der Waals surface area contributed by atoms with Gasteiger partial charge in [-0.25, -0.2) is 0 Å². The summed E-state index contributed by atoms with van der Waals surface area (Å²) in [6.07, 6.45) is 1.71. The fraction of sp³-hybridized carbons (Fsp3) is 0.375. The molecule has 0 spiro atoms. The first kappa shape index (κ1) is 8.80. The second kappa shape index (κ2) is 3.92. The first-order valence-corrected chi connectivity index (χ1v) is 3.60. The maximum Gasteiger partial charge on any atom is 0.309 e. The highest BCUT2D eigenvalue weighted by Gasteiger charge is 2.17. The molecule has 1 aromatic rings. The van der Waals surface area contributed by atoms with E-state index in [0.717, 1.165) is 0 Å². The van der Waals surface area contributed by atoms with Crippen molar-refractivity contribution in [2.45, 2.75) is 6.42 Å². The highest BCUT2D eigenvalue weighted by atomic mass is 16.4. The van der Waals surface area contributed by atoms with Crippen molar-refractivity contribution in [2.75, 3.05) is 6.61 Å². The molecule has 0 fully saturated rings. The molecule has 0 aliphatic carbocycles. The molecule has 4 heteroatoms. The largest absolute Gasteiger partial charge is 0.481 e. The van der Waals surface area contributed by atoms with Crippen LogP contribution < -0.4 is 0 Å². The fourth-order valence-electron chi connectivity index (χ4n) is 0.902. The summed E-state index contributed by atoms with van der Waals surface area (Å²) in [5.41, 5.74) is 0. The summed E-state index contributed by atoms with van der Waals surface area (Å²) in [6.45, 7) is -0.365. The molecular formula is C8H10O4. The Kier molecular flexibility index (Phi) is 2.88. The van der Waals surface area contributed by atoms with E-state index in [9.17, 15) is 4.79 Å². The number of carboxylic acids is 1. The Balaban J connectivity index is 2.54. The molecule has 0 saturated carbocycles. The van der Waals surface area contributed by atoms with Crippen LogP contribution in [0.3, 0.4) is 0 Å². The summed E-state index contributed by atoms with van der Waals surface area (Å²) in [7, 11) is 0. The smallest absolute Gasteiger partial charge is 0.309 e. The van der Waals surface area contributed by atoms with E-state index in [-0.39, 0.29) is 13.0 Å². The van der Waals surface area contributed by atoms with Gasteiger partial charge in [0.05, 0.1) is 18.8 Å². The molecule has 0 aliphatic rings. The SMILES string of the molecule is O=C(O)C(CO)Cc1ccco1. The molecule has 1 heterocycles. The topological polar surface area (TPSA) is 70.7 Å². The van der Waals surface area contributed by atoms with E-state index >= 15 is 0 Å². The fourth-order valence-corrected chi connectivity index (χ4v) is 0.902. The average Bonchev–Trinajstić information content (AvgIpc) is 2.51. The van der Waals surface area contributed by atoms with Crippen molar-refractivity contribution in [1.82, 2.24) is 0 Å². The number of carbonyl (C=O) groups is 1. The third kappa shape index (κ3) is 2.10. The first-order valence-electron chi connectivity index (χ1n) is 3.60. The van der Waals surface area contributed by atoms with Gasteiger partial charge in [-0.15, -0.1) is 0 Å². The van der Waals surface area contributed by atoms with Crippen molar-refractivity contribution in [1.29, 1.82) is 0 Å². The predicted molar refractivity (Wildman–Crippen MR) is 40.6 cm³/mol. The van der Waals surface area contributed by atoms with Gasteiger partial charge in [0, 0.05) is 6.42 Å². The number of rotatable bonds is 4. The van der Waals surface area contributed by atoms with E-state index in [2.05, 4.69) is 0 Å². The summed E-state index contributed by atoms with van der Waals surface area (Å²) in [5, 5.41) is 17.2. The van der Waals surface area contributed by atoms with Crippen LogP contribution in [0.2, 0.25) is 0 Å². The van der Waals surface area contributed by atoms with Crippen LogP contribution >= 0.6 is 0 Å². The standard InChI is InChI=1S/C8H10O4/c9-5-6(8(10)11)4-7-2-1-3-12-7/h1-3,6,9H,4-5H2,(H,10,11). The number of furan rings is 1. The molecule has 4 nitrogen and oxygen atoms in total. The Hall–Kier alpha value is -1.29. The molecule has 1 rings (SSSR count). The zero-order valence-electron chi connectivity index (χ0n) is 6.43. The van der Waals surface area contributed by atoms with E-state index in [0.29, 0.717) is 5.76 Å². The van der Waals surface area contributed by atoms with Crippen molar-refractivity contribution < 1.29 is 19.4 Å². The lowest BCUT2D eigenvalue weighted by Gasteiger charge is -2.05. The summed E-state index contributed by atoms with van der Waals surface area (Å²) < 4.78 is 4.94. The van der Waals surface area contributed by atoms with Crippen LogP contribution in [-0.4, -0.2) is 22.8 Å². The van der Waals surface area contributed by atoms with Gasteiger partial charge in [0.1, 0.15) is 5.76 Å². The molecule has 66 valence electrons. The second-order valence-electron chi connectivity index (χ2n) is 2.50. The van der Waals surface area contributed by atoms with Crippen molar-refractivity contribution in [2.24, 2.45) is 5.92 Å². The van der Waals surface area contributed by atoms with Gasteiger partial charge < -0.3 is 14.6 Å². The van der Waals surface area contributed by atoms with Gasteiger partial charge >= 0.3 is 5.97 Å². The second-order valence-corrected chi connectivity index (χ2v) is 2.50. The summed E-state index contributed by atoms with van der Waals surface area (Å²) >= 11 is 0. The molecule has 2 N–H and O–H groups in total. The number of hydrogen-bond donors (Lipinski definition) is 2. The average molecular weight is 170 g/mol. The van der Waals surface area contributed by atoms with Crippen molar-refractivity contribution in [3.05, 3.63) is 24.2 Å². The minimum atomic E-state index is -1.01. The van der Waals surface area contributed by atoms with Crippen LogP contribution in [0.1, 0.15) is 5.76 Å². The molecule has 1 atom stereocenters. The molecule has 0 saturated heterocycles. The molecule has 0 bridgehead atoms. The minimum absolute atomic E-state index is 0.235. The van der Waals surface area contributed by atoms with E-state index < -0.39 is 11.9 Å². The number of aliphatic carboxylic acids is 1. The third-order valence-corrected chi connectivity index (χ3v) is 1.60. The van der Waals surface area contributed by atoms with Crippen molar-refractivity contribution >= 4 is 5.97 Å². The number of aliphatic hydroxyl groups is 1. The summed E-state index contributed by atoms with van der Waals surface area (Å²) in [5.74, 6) is -1.19. The Morgan fingerprint density at radius 3 is 2.83 bits per heavy atom. The van der Waals surface area contributed by atoms with Crippen LogP contribution in [0.25, 0.3) is 0 Å². The van der Waals surface area contributed by atoms with Crippen molar-refractivity contribution in [3.63, 3.8) is 0 Å². The van der Waals surface area contributed by atoms with Crippen LogP contribution in [-0.2, 0) is 11.2 Å². The number of hydrogen-bond acceptors (Lipinski definition) is 3. The molecular weight excluding hydrogens is 160 g/mol. The Morgan fingerprint density at radius 2 is 2.42 bits per heavy atom. The van der Waals surface area contributed by atoms with Crippen LogP contribution in [0, 0.1) is 5.92 Å². The zero-order valence-corrected chi connectivity index (χ0v) is 6.43. The lowest BCUT2D eigenvalue weighted by Crippen LogP contribution is -2.19. The van der Waals surface area contributed by atoms with Gasteiger partial charge in [-0.1, -0.05) is 0 Å². The highest BCUT2D eigenvalue weighted by molar-refractivity contribution is 5.70. The Labute approximate surface area is 69.4 Å². The molecule has 1 unspecified atom stereocenters. The normalized spacial score (nSPS) is 12.8. The molecule has 0 aromatic carbocycles. The maximum absolute atomic E-state index is 10.5. The Morgan fingerprint density at radius 1 is 1.67 bits per heavy atom. The van der Waals surface area contributed by atoms with E-state index in [1.165, 1.54) is 6.26 Å². The highest BCUT2D eigenvalue weighted by Crippen LogP contribution is 2.08. The van der Waals surface area contributed by atoms with E-state index in [1.807, 2.05) is 0 Å².